The Morgan fingerprint density at radius 2 is 1.79 bits per heavy atom. The molecule has 1 atom stereocenters. The summed E-state index contributed by atoms with van der Waals surface area (Å²) in [6.45, 7) is 8.38. The zero-order valence-electron chi connectivity index (χ0n) is 9.31. The van der Waals surface area contributed by atoms with Crippen LogP contribution in [0.1, 0.15) is 52.4 Å². The van der Waals surface area contributed by atoms with Crippen molar-refractivity contribution in [1.82, 2.24) is 0 Å². The normalized spacial score (nSPS) is 23.5. The van der Waals surface area contributed by atoms with E-state index in [4.69, 9.17) is 4.74 Å². The maximum absolute atomic E-state index is 5.82. The highest BCUT2D eigenvalue weighted by Gasteiger charge is 2.55. The molecule has 1 rings (SSSR count). The summed E-state index contributed by atoms with van der Waals surface area (Å²) < 4.78 is 6.84. The van der Waals surface area contributed by atoms with Crippen LogP contribution in [0.4, 0.5) is 0 Å². The van der Waals surface area contributed by atoms with E-state index in [1.54, 1.807) is 0 Å². The van der Waals surface area contributed by atoms with Gasteiger partial charge in [0.1, 0.15) is 6.10 Å². The van der Waals surface area contributed by atoms with Crippen LogP contribution >= 0.6 is 15.9 Å². The third-order valence-electron chi connectivity index (χ3n) is 2.96. The Morgan fingerprint density at radius 3 is 2.07 bits per heavy atom. The van der Waals surface area contributed by atoms with Crippen molar-refractivity contribution in [3.63, 3.8) is 0 Å². The summed E-state index contributed by atoms with van der Waals surface area (Å²) in [7, 11) is 0. The molecule has 1 fully saturated rings. The first kappa shape index (κ1) is 12.3. The Morgan fingerprint density at radius 1 is 1.29 bits per heavy atom. The van der Waals surface area contributed by atoms with Crippen molar-refractivity contribution in [3.05, 3.63) is 11.1 Å². The van der Waals surface area contributed by atoms with Crippen LogP contribution in [0.2, 0.25) is 0 Å². The molecule has 0 aromatic rings. The number of hydrogen-bond acceptors (Lipinski definition) is 1. The fourth-order valence-corrected chi connectivity index (χ4v) is 2.52. The summed E-state index contributed by atoms with van der Waals surface area (Å²) in [4.78, 5) is 0. The number of rotatable bonds is 7. The number of ether oxygens (including phenoxy) is 1. The summed E-state index contributed by atoms with van der Waals surface area (Å²) in [5, 5.41) is 0. The summed E-state index contributed by atoms with van der Waals surface area (Å²) in [6.07, 6.45) is 7.69. The second kappa shape index (κ2) is 5.32. The van der Waals surface area contributed by atoms with Crippen LogP contribution in [0.3, 0.4) is 0 Å². The molecule has 82 valence electrons. The number of epoxide rings is 1. The summed E-state index contributed by atoms with van der Waals surface area (Å²) in [5.41, 5.74) is 0.145. The minimum atomic E-state index is 0.145. The van der Waals surface area contributed by atoms with Gasteiger partial charge in [0.2, 0.25) is 0 Å². The zero-order chi connectivity index (χ0) is 10.6. The van der Waals surface area contributed by atoms with Crippen molar-refractivity contribution in [3.8, 4) is 0 Å². The van der Waals surface area contributed by atoms with E-state index in [0.29, 0.717) is 0 Å². The van der Waals surface area contributed by atoms with Gasteiger partial charge in [-0.3, -0.25) is 0 Å². The molecule has 0 spiro atoms. The third kappa shape index (κ3) is 2.83. The first-order valence-corrected chi connectivity index (χ1v) is 6.47. The van der Waals surface area contributed by atoms with Gasteiger partial charge in [0.15, 0.2) is 0 Å². The van der Waals surface area contributed by atoms with E-state index in [-0.39, 0.29) is 11.7 Å². The highest BCUT2D eigenvalue weighted by atomic mass is 79.9. The SMILES string of the molecule is C=C(Br)C1OC1(CCCC)CCCC. The average Bonchev–Trinajstić information content (AvgIpc) is 2.88. The molecule has 0 aliphatic carbocycles. The van der Waals surface area contributed by atoms with E-state index >= 15 is 0 Å². The second-order valence-electron chi connectivity index (χ2n) is 4.22. The van der Waals surface area contributed by atoms with Gasteiger partial charge in [0, 0.05) is 4.48 Å². The van der Waals surface area contributed by atoms with Gasteiger partial charge in [0.05, 0.1) is 5.60 Å². The second-order valence-corrected chi connectivity index (χ2v) is 5.24. The van der Waals surface area contributed by atoms with Gasteiger partial charge in [-0.05, 0) is 12.8 Å². The van der Waals surface area contributed by atoms with Crippen molar-refractivity contribution in [2.75, 3.05) is 0 Å². The minimum Gasteiger partial charge on any atom is -0.360 e. The van der Waals surface area contributed by atoms with Crippen molar-refractivity contribution in [2.45, 2.75) is 64.1 Å². The predicted octanol–water partition coefficient (Wildman–Crippen LogP) is 4.41. The molecule has 1 unspecified atom stereocenters. The Labute approximate surface area is 96.0 Å². The van der Waals surface area contributed by atoms with E-state index < -0.39 is 0 Å². The molecule has 1 aliphatic rings. The zero-order valence-corrected chi connectivity index (χ0v) is 10.9. The lowest BCUT2D eigenvalue weighted by Gasteiger charge is -2.11. The first-order valence-electron chi connectivity index (χ1n) is 5.68. The van der Waals surface area contributed by atoms with E-state index in [2.05, 4.69) is 36.4 Å². The predicted molar refractivity (Wildman–Crippen MR) is 64.7 cm³/mol. The molecule has 1 nitrogen and oxygen atoms in total. The van der Waals surface area contributed by atoms with Gasteiger partial charge in [-0.25, -0.2) is 0 Å². The summed E-state index contributed by atoms with van der Waals surface area (Å²) in [6, 6.07) is 0. The Hall–Kier alpha value is 0.180. The fraction of sp³-hybridized carbons (Fsp3) is 0.833. The molecule has 1 aliphatic heterocycles. The average molecular weight is 261 g/mol. The van der Waals surface area contributed by atoms with Crippen LogP contribution in [0.25, 0.3) is 0 Å². The molecule has 1 saturated heterocycles. The molecule has 0 bridgehead atoms. The number of hydrogen-bond donors (Lipinski definition) is 0. The molecular formula is C12H21BrO. The van der Waals surface area contributed by atoms with E-state index in [1.165, 1.54) is 38.5 Å². The van der Waals surface area contributed by atoms with Gasteiger partial charge in [-0.1, -0.05) is 62.0 Å². The standard InChI is InChI=1S/C12H21BrO/c1-4-6-8-12(9-7-5-2)11(14-12)10(3)13/h11H,3-9H2,1-2H3. The molecule has 0 amide bonds. The van der Waals surface area contributed by atoms with Gasteiger partial charge >= 0.3 is 0 Å². The lowest BCUT2D eigenvalue weighted by molar-refractivity contribution is 0.260. The highest BCUT2D eigenvalue weighted by molar-refractivity contribution is 9.11. The van der Waals surface area contributed by atoms with Crippen LogP contribution in [-0.2, 0) is 4.74 Å². The molecule has 0 radical (unpaired) electrons. The van der Waals surface area contributed by atoms with Crippen LogP contribution in [0.5, 0.6) is 0 Å². The maximum Gasteiger partial charge on any atom is 0.118 e. The van der Waals surface area contributed by atoms with Gasteiger partial charge in [-0.2, -0.15) is 0 Å². The maximum atomic E-state index is 5.82. The third-order valence-corrected chi connectivity index (χ3v) is 3.38. The van der Waals surface area contributed by atoms with E-state index in [0.717, 1.165) is 4.48 Å². The quantitative estimate of drug-likeness (QED) is 0.618. The van der Waals surface area contributed by atoms with Crippen molar-refractivity contribution >= 4 is 15.9 Å². The summed E-state index contributed by atoms with van der Waals surface area (Å²) in [5.74, 6) is 0. The molecular weight excluding hydrogens is 240 g/mol. The topological polar surface area (TPSA) is 12.5 Å². The van der Waals surface area contributed by atoms with Crippen molar-refractivity contribution in [1.29, 1.82) is 0 Å². The van der Waals surface area contributed by atoms with E-state index in [1.807, 2.05) is 0 Å². The monoisotopic (exact) mass is 260 g/mol. The molecule has 1 heterocycles. The Balaban J connectivity index is 2.42. The summed E-state index contributed by atoms with van der Waals surface area (Å²) >= 11 is 3.44. The Kier molecular flexibility index (Phi) is 4.65. The smallest absolute Gasteiger partial charge is 0.118 e. The molecule has 14 heavy (non-hydrogen) atoms. The Bertz CT molecular complexity index is 192. The van der Waals surface area contributed by atoms with Gasteiger partial charge < -0.3 is 4.74 Å². The van der Waals surface area contributed by atoms with Crippen molar-refractivity contribution < 1.29 is 4.74 Å². The largest absolute Gasteiger partial charge is 0.360 e. The molecule has 2 heteroatoms. The van der Waals surface area contributed by atoms with Crippen LogP contribution in [0, 0.1) is 0 Å². The highest BCUT2D eigenvalue weighted by Crippen LogP contribution is 2.49. The first-order chi connectivity index (χ1) is 6.66. The molecule has 0 aromatic heterocycles. The fourth-order valence-electron chi connectivity index (χ4n) is 2.01. The van der Waals surface area contributed by atoms with Crippen LogP contribution in [0.15, 0.2) is 11.1 Å². The van der Waals surface area contributed by atoms with Crippen molar-refractivity contribution in [2.24, 2.45) is 0 Å². The van der Waals surface area contributed by atoms with E-state index in [9.17, 15) is 0 Å². The molecule has 0 aromatic carbocycles. The molecule has 0 saturated carbocycles. The molecule has 0 N–H and O–H groups in total. The van der Waals surface area contributed by atoms with Gasteiger partial charge in [0.25, 0.3) is 0 Å². The lowest BCUT2D eigenvalue weighted by Crippen LogP contribution is -2.15. The van der Waals surface area contributed by atoms with Crippen LogP contribution < -0.4 is 0 Å². The number of halogens is 1. The minimum absolute atomic E-state index is 0.145. The number of unbranched alkanes of at least 4 members (excludes halogenated alkanes) is 2. The van der Waals surface area contributed by atoms with Gasteiger partial charge in [-0.15, -0.1) is 0 Å². The van der Waals surface area contributed by atoms with Crippen LogP contribution in [-0.4, -0.2) is 11.7 Å². The lowest BCUT2D eigenvalue weighted by atomic mass is 9.92.